The molecule has 1 saturated heterocycles. The molecule has 0 bridgehead atoms. The van der Waals surface area contributed by atoms with E-state index >= 15 is 0 Å². The monoisotopic (exact) mass is 435 g/mol. The van der Waals surface area contributed by atoms with Crippen molar-refractivity contribution in [2.45, 2.75) is 32.2 Å². The second-order valence-electron chi connectivity index (χ2n) is 7.92. The number of benzene rings is 1. The lowest BCUT2D eigenvalue weighted by Crippen LogP contribution is -2.41. The molecule has 1 atom stereocenters. The van der Waals surface area contributed by atoms with E-state index in [0.717, 1.165) is 11.4 Å². The summed E-state index contributed by atoms with van der Waals surface area (Å²) in [7, 11) is 0. The number of carbonyl (C=O) groups excluding carboxylic acids is 2. The highest BCUT2D eigenvalue weighted by molar-refractivity contribution is 6.03. The number of ether oxygens (including phenoxy) is 1. The largest absolute Gasteiger partial charge is 0.396 e. The maximum absolute atomic E-state index is 12.9. The third kappa shape index (κ3) is 4.28. The molecule has 0 saturated carbocycles. The van der Waals surface area contributed by atoms with Crippen LogP contribution in [-0.2, 0) is 16.1 Å². The highest BCUT2D eigenvalue weighted by Gasteiger charge is 2.31. The van der Waals surface area contributed by atoms with Crippen molar-refractivity contribution >= 4 is 23.8 Å². The molecule has 2 N–H and O–H groups in total. The zero-order valence-corrected chi connectivity index (χ0v) is 17.9. The Balaban J connectivity index is 1.68. The Labute approximate surface area is 185 Å². The minimum Gasteiger partial charge on any atom is -0.396 e. The van der Waals surface area contributed by atoms with Crippen LogP contribution in [0, 0.1) is 11.3 Å². The second kappa shape index (κ2) is 9.34. The average molecular weight is 435 g/mol. The van der Waals surface area contributed by atoms with Crippen molar-refractivity contribution in [3.8, 4) is 6.07 Å². The van der Waals surface area contributed by atoms with Gasteiger partial charge in [0.2, 0.25) is 5.95 Å². The highest BCUT2D eigenvalue weighted by Crippen LogP contribution is 2.37. The van der Waals surface area contributed by atoms with Gasteiger partial charge < -0.3 is 19.3 Å². The molecule has 0 radical (unpaired) electrons. The molecule has 1 aliphatic carbocycles. The summed E-state index contributed by atoms with van der Waals surface area (Å²) >= 11 is 0. The van der Waals surface area contributed by atoms with Crippen LogP contribution in [0.15, 0.2) is 30.0 Å². The summed E-state index contributed by atoms with van der Waals surface area (Å²) in [6.07, 6.45) is 3.09. The number of rotatable bonds is 6. The van der Waals surface area contributed by atoms with E-state index in [2.05, 4.69) is 17.2 Å². The van der Waals surface area contributed by atoms with Gasteiger partial charge in [-0.1, -0.05) is 13.0 Å². The van der Waals surface area contributed by atoms with Gasteiger partial charge in [-0.3, -0.25) is 14.9 Å². The lowest BCUT2D eigenvalue weighted by molar-refractivity contribution is -0.140. The van der Waals surface area contributed by atoms with Gasteiger partial charge in [-0.05, 0) is 37.1 Å². The van der Waals surface area contributed by atoms with E-state index in [1.165, 1.54) is 6.07 Å². The molecule has 1 aromatic heterocycles. The van der Waals surface area contributed by atoms with E-state index in [4.69, 9.17) is 10.00 Å². The Morgan fingerprint density at radius 2 is 2.28 bits per heavy atom. The normalized spacial score (nSPS) is 18.0. The Morgan fingerprint density at radius 3 is 3.03 bits per heavy atom. The van der Waals surface area contributed by atoms with Crippen molar-refractivity contribution in [1.29, 1.82) is 5.26 Å². The number of aliphatic hydroxyl groups is 1. The van der Waals surface area contributed by atoms with Crippen LogP contribution in [0.2, 0.25) is 0 Å². The summed E-state index contributed by atoms with van der Waals surface area (Å²) < 4.78 is 7.17. The maximum atomic E-state index is 12.9. The van der Waals surface area contributed by atoms with Crippen molar-refractivity contribution in [2.24, 2.45) is 0 Å². The minimum absolute atomic E-state index is 0.0162. The fraction of sp³-hybridized carbons (Fsp3) is 0.391. The molecular formula is C23H25N5O4. The summed E-state index contributed by atoms with van der Waals surface area (Å²) in [4.78, 5) is 31.6. The van der Waals surface area contributed by atoms with Gasteiger partial charge in [0.25, 0.3) is 11.8 Å². The number of nitriles is 1. The Morgan fingerprint density at radius 1 is 1.44 bits per heavy atom. The van der Waals surface area contributed by atoms with E-state index in [9.17, 15) is 14.7 Å². The van der Waals surface area contributed by atoms with Crippen LogP contribution in [0.4, 0.5) is 5.95 Å². The van der Waals surface area contributed by atoms with E-state index < -0.39 is 0 Å². The molecule has 9 heteroatoms. The van der Waals surface area contributed by atoms with Crippen molar-refractivity contribution in [2.75, 3.05) is 31.7 Å². The molecule has 1 unspecified atom stereocenters. The maximum Gasteiger partial charge on any atom is 0.258 e. The molecule has 32 heavy (non-hydrogen) atoms. The minimum atomic E-state index is -0.366. The summed E-state index contributed by atoms with van der Waals surface area (Å²) in [5.41, 5.74) is 3.32. The van der Waals surface area contributed by atoms with Crippen LogP contribution in [-0.4, -0.2) is 57.7 Å². The van der Waals surface area contributed by atoms with Crippen LogP contribution in [0.3, 0.4) is 0 Å². The van der Waals surface area contributed by atoms with E-state index in [1.54, 1.807) is 23.1 Å². The molecule has 4 rings (SSSR count). The lowest BCUT2D eigenvalue weighted by atomic mass is 9.93. The molecule has 1 aliphatic heterocycles. The Hall–Kier alpha value is -3.48. The van der Waals surface area contributed by atoms with Crippen molar-refractivity contribution < 1.29 is 19.4 Å². The molecule has 166 valence electrons. The summed E-state index contributed by atoms with van der Waals surface area (Å²) in [5, 5.41) is 21.3. The first kappa shape index (κ1) is 21.7. The van der Waals surface area contributed by atoms with Crippen LogP contribution < -0.4 is 5.32 Å². The van der Waals surface area contributed by atoms with Gasteiger partial charge in [0, 0.05) is 42.6 Å². The van der Waals surface area contributed by atoms with Crippen LogP contribution >= 0.6 is 0 Å². The quantitative estimate of drug-likeness (QED) is 0.717. The van der Waals surface area contributed by atoms with Crippen molar-refractivity contribution in [3.63, 3.8) is 0 Å². The fourth-order valence-corrected chi connectivity index (χ4v) is 4.20. The number of nitrogens with zero attached hydrogens (tertiary/aromatic N) is 4. The molecule has 2 aromatic rings. The van der Waals surface area contributed by atoms with Crippen LogP contribution in [0.25, 0.3) is 6.08 Å². The number of aliphatic hydroxyl groups excluding tert-OH is 1. The SMILES string of the molecule is CC1CC(N2CCOCC2=O)=Cc2nc(NC(=O)c3cccc(C#N)c3)n(CCCO)c21. The molecule has 2 aliphatic rings. The Bertz CT molecular complexity index is 1110. The zero-order chi connectivity index (χ0) is 22.7. The number of nitrogens with one attached hydrogen (secondary N) is 1. The summed E-state index contributed by atoms with van der Waals surface area (Å²) in [6.45, 7) is 3.66. The first-order valence-electron chi connectivity index (χ1n) is 10.6. The standard InChI is InChI=1S/C23H25N5O4/c1-15-10-18(27-7-9-32-14-20(27)30)12-19-21(15)28(6-3-8-29)23(25-19)26-22(31)17-5-2-4-16(11-17)13-24/h2,4-5,11-12,15,29H,3,6-10,14H2,1H3,(H,25,26,31). The van der Waals surface area contributed by atoms with Gasteiger partial charge in [0.1, 0.15) is 6.61 Å². The third-order valence-electron chi connectivity index (χ3n) is 5.67. The molecular weight excluding hydrogens is 410 g/mol. The zero-order valence-electron chi connectivity index (χ0n) is 17.9. The predicted octanol–water partition coefficient (Wildman–Crippen LogP) is 2.10. The predicted molar refractivity (Wildman–Crippen MR) is 117 cm³/mol. The molecule has 1 aromatic carbocycles. The number of hydrogen-bond acceptors (Lipinski definition) is 6. The number of allylic oxidation sites excluding steroid dienone is 1. The molecule has 1 fully saturated rings. The third-order valence-corrected chi connectivity index (χ3v) is 5.67. The summed E-state index contributed by atoms with van der Waals surface area (Å²) in [5.74, 6) is 0.0199. The highest BCUT2D eigenvalue weighted by atomic mass is 16.5. The van der Waals surface area contributed by atoms with Crippen molar-refractivity contribution in [1.82, 2.24) is 14.5 Å². The van der Waals surface area contributed by atoms with Gasteiger partial charge in [-0.2, -0.15) is 5.26 Å². The number of morpholine rings is 1. The fourth-order valence-electron chi connectivity index (χ4n) is 4.20. The first-order valence-corrected chi connectivity index (χ1v) is 10.6. The number of hydrogen-bond donors (Lipinski definition) is 2. The van der Waals surface area contributed by atoms with Crippen molar-refractivity contribution in [3.05, 3.63) is 52.5 Å². The number of imidazole rings is 1. The number of carbonyl (C=O) groups is 2. The summed E-state index contributed by atoms with van der Waals surface area (Å²) in [6, 6.07) is 8.50. The second-order valence-corrected chi connectivity index (χ2v) is 7.92. The number of fused-ring (bicyclic) bond motifs is 1. The van der Waals surface area contributed by atoms with Gasteiger partial charge in [0.15, 0.2) is 0 Å². The van der Waals surface area contributed by atoms with E-state index in [-0.39, 0.29) is 30.9 Å². The smallest absolute Gasteiger partial charge is 0.258 e. The lowest BCUT2D eigenvalue weighted by Gasteiger charge is -2.32. The van der Waals surface area contributed by atoms with Gasteiger partial charge in [0.05, 0.1) is 23.9 Å². The van der Waals surface area contributed by atoms with Crippen LogP contribution in [0.1, 0.15) is 53.0 Å². The van der Waals surface area contributed by atoms with E-state index in [0.29, 0.717) is 55.3 Å². The molecule has 2 amide bonds. The van der Waals surface area contributed by atoms with Gasteiger partial charge in [-0.25, -0.2) is 4.98 Å². The number of amides is 2. The molecule has 9 nitrogen and oxygen atoms in total. The number of anilines is 1. The molecule has 0 spiro atoms. The number of aromatic nitrogens is 2. The van der Waals surface area contributed by atoms with E-state index in [1.807, 2.05) is 16.7 Å². The van der Waals surface area contributed by atoms with Gasteiger partial charge in [-0.15, -0.1) is 0 Å². The van der Waals surface area contributed by atoms with Gasteiger partial charge >= 0.3 is 0 Å². The topological polar surface area (TPSA) is 120 Å². The molecule has 2 heterocycles. The Kier molecular flexibility index (Phi) is 6.35. The van der Waals surface area contributed by atoms with Crippen LogP contribution in [0.5, 0.6) is 0 Å². The first-order chi connectivity index (χ1) is 15.5. The average Bonchev–Trinajstić information content (AvgIpc) is 3.15.